The molecular weight excluding hydrogens is 412 g/mol. The van der Waals surface area contributed by atoms with E-state index in [9.17, 15) is 14.4 Å². The number of imide groups is 1. The van der Waals surface area contributed by atoms with Crippen molar-refractivity contribution in [2.45, 2.75) is 86.0 Å². The quantitative estimate of drug-likeness (QED) is 0.470. The third-order valence-electron chi connectivity index (χ3n) is 3.96. The summed E-state index contributed by atoms with van der Waals surface area (Å²) in [5.41, 5.74) is -0.746. The van der Waals surface area contributed by atoms with Crippen LogP contribution in [0.4, 0.5) is 20.1 Å². The van der Waals surface area contributed by atoms with E-state index < -0.39 is 35.1 Å². The second-order valence-electron chi connectivity index (χ2n) is 10.6. The summed E-state index contributed by atoms with van der Waals surface area (Å²) in [6.45, 7) is 17.5. The van der Waals surface area contributed by atoms with Crippen LogP contribution in [-0.2, 0) is 14.2 Å². The van der Waals surface area contributed by atoms with Crippen LogP contribution in [0.3, 0.4) is 0 Å². The third-order valence-corrected chi connectivity index (χ3v) is 3.96. The lowest BCUT2D eigenvalue weighted by Crippen LogP contribution is -2.43. The minimum absolute atomic E-state index is 0.266. The van der Waals surface area contributed by atoms with E-state index in [0.717, 1.165) is 4.90 Å². The number of benzene rings is 1. The molecule has 1 heterocycles. The Bertz CT molecular complexity index is 1000. The molecule has 1 aromatic carbocycles. The van der Waals surface area contributed by atoms with Gasteiger partial charge in [-0.3, -0.25) is 0 Å². The molecular formula is C24H34N2O6. The number of hydrogen-bond donors (Lipinski definition) is 0. The molecule has 0 N–H and O–H groups in total. The molecule has 8 heteroatoms. The van der Waals surface area contributed by atoms with Crippen molar-refractivity contribution in [2.24, 2.45) is 0 Å². The fourth-order valence-electron chi connectivity index (χ4n) is 2.93. The van der Waals surface area contributed by atoms with Crippen LogP contribution in [0.5, 0.6) is 0 Å². The zero-order valence-electron chi connectivity index (χ0n) is 20.7. The summed E-state index contributed by atoms with van der Waals surface area (Å²) in [5, 5.41) is 0.656. The Morgan fingerprint density at radius 3 is 1.66 bits per heavy atom. The van der Waals surface area contributed by atoms with Gasteiger partial charge < -0.3 is 14.2 Å². The van der Waals surface area contributed by atoms with Crippen molar-refractivity contribution in [3.05, 3.63) is 30.0 Å². The van der Waals surface area contributed by atoms with Gasteiger partial charge in [0, 0.05) is 11.1 Å². The maximum absolute atomic E-state index is 12.9. The number of fused-ring (bicyclic) bond motifs is 1. The topological polar surface area (TPSA) is 87.1 Å². The Balaban J connectivity index is 2.53. The molecule has 176 valence electrons. The normalized spacial score (nSPS) is 12.4. The first-order chi connectivity index (χ1) is 14.4. The summed E-state index contributed by atoms with van der Waals surface area (Å²) in [5.74, 6) is 0. The number of carbonyl (C=O) groups excluding carboxylic acids is 3. The van der Waals surface area contributed by atoms with E-state index in [1.165, 1.54) is 4.57 Å². The van der Waals surface area contributed by atoms with Gasteiger partial charge in [-0.05, 0) is 93.5 Å². The van der Waals surface area contributed by atoms with Gasteiger partial charge in [0.1, 0.15) is 16.8 Å². The van der Waals surface area contributed by atoms with E-state index in [4.69, 9.17) is 14.2 Å². The molecule has 0 bridgehead atoms. The standard InChI is InChI=1S/C24H34N2O6/c1-15-13-16-14-17(11-12-18(16)25(15)19(27)30-22(2,3)4)26(20(28)31-23(5,6)7)21(29)32-24(8,9)10/h11-14H,1-10H3. The molecule has 0 aliphatic heterocycles. The first-order valence-corrected chi connectivity index (χ1v) is 10.5. The predicted molar refractivity (Wildman–Crippen MR) is 123 cm³/mol. The fourth-order valence-corrected chi connectivity index (χ4v) is 2.93. The minimum Gasteiger partial charge on any atom is -0.443 e. The van der Waals surface area contributed by atoms with Crippen molar-refractivity contribution in [3.8, 4) is 0 Å². The molecule has 0 unspecified atom stereocenters. The zero-order chi connectivity index (χ0) is 24.6. The summed E-state index contributed by atoms with van der Waals surface area (Å²) >= 11 is 0. The lowest BCUT2D eigenvalue weighted by Gasteiger charge is -2.28. The summed E-state index contributed by atoms with van der Waals surface area (Å²) < 4.78 is 17.8. The highest BCUT2D eigenvalue weighted by molar-refractivity contribution is 6.10. The van der Waals surface area contributed by atoms with E-state index in [0.29, 0.717) is 16.6 Å². The first-order valence-electron chi connectivity index (χ1n) is 10.5. The summed E-state index contributed by atoms with van der Waals surface area (Å²) in [4.78, 5) is 39.3. The maximum atomic E-state index is 12.9. The SMILES string of the molecule is Cc1cc2cc(N(C(=O)OC(C)(C)C)C(=O)OC(C)(C)C)ccc2n1C(=O)OC(C)(C)C. The lowest BCUT2D eigenvalue weighted by molar-refractivity contribution is 0.0428. The van der Waals surface area contributed by atoms with E-state index in [1.807, 2.05) is 0 Å². The summed E-state index contributed by atoms with van der Waals surface area (Å²) in [6, 6.07) is 6.64. The lowest BCUT2D eigenvalue weighted by atomic mass is 10.2. The Morgan fingerprint density at radius 1 is 0.750 bits per heavy atom. The van der Waals surface area contributed by atoms with Crippen molar-refractivity contribution in [1.82, 2.24) is 4.57 Å². The van der Waals surface area contributed by atoms with Crippen molar-refractivity contribution >= 4 is 34.9 Å². The third kappa shape index (κ3) is 6.48. The Kier molecular flexibility index (Phi) is 6.69. The van der Waals surface area contributed by atoms with Crippen molar-refractivity contribution in [2.75, 3.05) is 4.90 Å². The monoisotopic (exact) mass is 446 g/mol. The number of hydrogen-bond acceptors (Lipinski definition) is 6. The van der Waals surface area contributed by atoms with Crippen LogP contribution in [0.25, 0.3) is 10.9 Å². The van der Waals surface area contributed by atoms with Gasteiger partial charge in [0.05, 0.1) is 11.2 Å². The molecule has 0 spiro atoms. The van der Waals surface area contributed by atoms with Crippen LogP contribution in [-0.4, -0.2) is 39.6 Å². The van der Waals surface area contributed by atoms with Gasteiger partial charge in [-0.15, -0.1) is 0 Å². The number of carbonyl (C=O) groups is 3. The fraction of sp³-hybridized carbons (Fsp3) is 0.542. The van der Waals surface area contributed by atoms with Gasteiger partial charge in [-0.1, -0.05) is 0 Å². The maximum Gasteiger partial charge on any atom is 0.424 e. The smallest absolute Gasteiger partial charge is 0.424 e. The average molecular weight is 447 g/mol. The predicted octanol–water partition coefficient (Wildman–Crippen LogP) is 6.41. The summed E-state index contributed by atoms with van der Waals surface area (Å²) in [7, 11) is 0. The number of anilines is 1. The van der Waals surface area contributed by atoms with Crippen LogP contribution in [0, 0.1) is 6.92 Å². The Hall–Kier alpha value is -3.03. The van der Waals surface area contributed by atoms with Gasteiger partial charge in [0.2, 0.25) is 0 Å². The van der Waals surface area contributed by atoms with E-state index in [-0.39, 0.29) is 5.69 Å². The number of amides is 2. The molecule has 2 amide bonds. The molecule has 2 rings (SSSR count). The second kappa shape index (κ2) is 8.48. The van der Waals surface area contributed by atoms with Crippen LogP contribution in [0.2, 0.25) is 0 Å². The van der Waals surface area contributed by atoms with Crippen molar-refractivity contribution < 1.29 is 28.6 Å². The molecule has 32 heavy (non-hydrogen) atoms. The molecule has 8 nitrogen and oxygen atoms in total. The van der Waals surface area contributed by atoms with Gasteiger partial charge in [-0.25, -0.2) is 19.0 Å². The van der Waals surface area contributed by atoms with Gasteiger partial charge in [-0.2, -0.15) is 4.90 Å². The number of aryl methyl sites for hydroxylation is 1. The largest absolute Gasteiger partial charge is 0.443 e. The average Bonchev–Trinajstić information content (AvgIpc) is 2.84. The molecule has 0 saturated heterocycles. The number of aromatic nitrogens is 1. The molecule has 0 aliphatic rings. The van der Waals surface area contributed by atoms with Gasteiger partial charge in [0.15, 0.2) is 0 Å². The number of ether oxygens (including phenoxy) is 3. The minimum atomic E-state index is -0.852. The van der Waals surface area contributed by atoms with Crippen LogP contribution in [0.1, 0.15) is 68.0 Å². The molecule has 0 fully saturated rings. The van der Waals surface area contributed by atoms with E-state index in [1.54, 1.807) is 93.5 Å². The highest BCUT2D eigenvalue weighted by atomic mass is 16.6. The van der Waals surface area contributed by atoms with Gasteiger partial charge in [0.25, 0.3) is 0 Å². The highest BCUT2D eigenvalue weighted by Crippen LogP contribution is 2.28. The van der Waals surface area contributed by atoms with Crippen LogP contribution < -0.4 is 4.90 Å². The second-order valence-corrected chi connectivity index (χ2v) is 10.6. The van der Waals surface area contributed by atoms with E-state index >= 15 is 0 Å². The molecule has 0 atom stereocenters. The summed E-state index contributed by atoms with van der Waals surface area (Å²) in [6.07, 6.45) is -2.21. The zero-order valence-corrected chi connectivity index (χ0v) is 20.7. The highest BCUT2D eigenvalue weighted by Gasteiger charge is 2.33. The Labute approximate surface area is 189 Å². The first kappa shape index (κ1) is 25.2. The van der Waals surface area contributed by atoms with Crippen molar-refractivity contribution in [1.29, 1.82) is 0 Å². The molecule has 0 saturated carbocycles. The molecule has 1 aromatic heterocycles. The number of rotatable bonds is 1. The Morgan fingerprint density at radius 2 is 1.22 bits per heavy atom. The van der Waals surface area contributed by atoms with E-state index in [2.05, 4.69) is 0 Å². The molecule has 0 radical (unpaired) electrons. The molecule has 0 aliphatic carbocycles. The van der Waals surface area contributed by atoms with Crippen molar-refractivity contribution in [3.63, 3.8) is 0 Å². The number of nitrogens with zero attached hydrogens (tertiary/aromatic N) is 2. The molecule has 2 aromatic rings. The van der Waals surface area contributed by atoms with Crippen LogP contribution >= 0.6 is 0 Å². The van der Waals surface area contributed by atoms with Crippen LogP contribution in [0.15, 0.2) is 24.3 Å². The van der Waals surface area contributed by atoms with Gasteiger partial charge >= 0.3 is 18.3 Å².